The average molecular weight is 283 g/mol. The van der Waals surface area contributed by atoms with E-state index in [2.05, 4.69) is 56.4 Å². The number of hydrogen-bond acceptors (Lipinski definition) is 2. The van der Waals surface area contributed by atoms with Crippen molar-refractivity contribution in [3.8, 4) is 5.75 Å². The van der Waals surface area contributed by atoms with Gasteiger partial charge in [-0.3, -0.25) is 0 Å². The van der Waals surface area contributed by atoms with Gasteiger partial charge in [0.05, 0.1) is 0 Å². The summed E-state index contributed by atoms with van der Waals surface area (Å²) >= 11 is 0. The number of aromatic hydroxyl groups is 1. The molecule has 0 aliphatic rings. The van der Waals surface area contributed by atoms with Crippen molar-refractivity contribution in [3.05, 3.63) is 65.7 Å². The lowest BCUT2D eigenvalue weighted by molar-refractivity contribution is 0.434. The van der Waals surface area contributed by atoms with E-state index in [0.717, 1.165) is 12.1 Å². The number of hydrogen-bond donors (Lipinski definition) is 2. The number of phenolic OH excluding ortho intramolecular Hbond substituents is 1. The molecule has 2 rings (SSSR count). The van der Waals surface area contributed by atoms with Crippen LogP contribution in [0.25, 0.3) is 0 Å². The van der Waals surface area contributed by atoms with Crippen molar-refractivity contribution in [3.63, 3.8) is 0 Å². The molecular formula is C19H25NO. The fourth-order valence-electron chi connectivity index (χ4n) is 2.65. The van der Waals surface area contributed by atoms with Crippen LogP contribution in [0.2, 0.25) is 0 Å². The summed E-state index contributed by atoms with van der Waals surface area (Å²) in [4.78, 5) is 0. The zero-order valence-electron chi connectivity index (χ0n) is 13.1. The molecule has 2 N–H and O–H groups in total. The quantitative estimate of drug-likeness (QED) is 0.819. The van der Waals surface area contributed by atoms with E-state index in [1.165, 1.54) is 5.56 Å². The molecule has 0 amide bonds. The molecular weight excluding hydrogens is 258 g/mol. The van der Waals surface area contributed by atoms with Gasteiger partial charge < -0.3 is 10.4 Å². The van der Waals surface area contributed by atoms with Gasteiger partial charge in [-0.2, -0.15) is 0 Å². The molecule has 112 valence electrons. The maximum Gasteiger partial charge on any atom is 0.115 e. The molecule has 0 saturated carbocycles. The summed E-state index contributed by atoms with van der Waals surface area (Å²) < 4.78 is 0. The lowest BCUT2D eigenvalue weighted by Gasteiger charge is -2.24. The topological polar surface area (TPSA) is 32.3 Å². The molecule has 2 heteroatoms. The van der Waals surface area contributed by atoms with Crippen LogP contribution in [0.1, 0.15) is 43.9 Å². The van der Waals surface area contributed by atoms with Gasteiger partial charge in [0.2, 0.25) is 0 Å². The molecule has 0 aliphatic carbocycles. The first-order valence-electron chi connectivity index (χ1n) is 7.65. The summed E-state index contributed by atoms with van der Waals surface area (Å²) in [7, 11) is 0. The fourth-order valence-corrected chi connectivity index (χ4v) is 2.65. The van der Waals surface area contributed by atoms with Gasteiger partial charge in [-0.1, -0.05) is 56.3 Å². The number of benzene rings is 2. The van der Waals surface area contributed by atoms with Crippen molar-refractivity contribution < 1.29 is 5.11 Å². The molecule has 0 saturated heterocycles. The first-order chi connectivity index (χ1) is 10.1. The van der Waals surface area contributed by atoms with E-state index in [1.54, 1.807) is 6.07 Å². The third kappa shape index (κ3) is 4.33. The third-order valence-corrected chi connectivity index (χ3v) is 4.05. The molecule has 0 fully saturated rings. The van der Waals surface area contributed by atoms with Gasteiger partial charge in [0.15, 0.2) is 0 Å². The second kappa shape index (κ2) is 7.28. The van der Waals surface area contributed by atoms with Crippen LogP contribution >= 0.6 is 0 Å². The van der Waals surface area contributed by atoms with Gasteiger partial charge in [-0.15, -0.1) is 0 Å². The van der Waals surface area contributed by atoms with Gasteiger partial charge in [0.25, 0.3) is 0 Å². The zero-order valence-corrected chi connectivity index (χ0v) is 13.1. The summed E-state index contributed by atoms with van der Waals surface area (Å²) in [5.41, 5.74) is 2.49. The van der Waals surface area contributed by atoms with Crippen LogP contribution in [0.5, 0.6) is 5.75 Å². The van der Waals surface area contributed by atoms with Crippen molar-refractivity contribution in [2.45, 2.75) is 32.7 Å². The SMILES string of the molecule is CC(NCC(c1ccccc1)C(C)C)c1cccc(O)c1. The molecule has 2 unspecified atom stereocenters. The van der Waals surface area contributed by atoms with E-state index in [4.69, 9.17) is 0 Å². The molecule has 0 radical (unpaired) electrons. The Balaban J connectivity index is 2.02. The Morgan fingerprint density at radius 2 is 1.57 bits per heavy atom. The Morgan fingerprint density at radius 3 is 2.19 bits per heavy atom. The minimum absolute atomic E-state index is 0.224. The van der Waals surface area contributed by atoms with Crippen molar-refractivity contribution in [1.29, 1.82) is 0 Å². The summed E-state index contributed by atoms with van der Waals surface area (Å²) in [5, 5.41) is 13.2. The molecule has 0 spiro atoms. The first-order valence-corrected chi connectivity index (χ1v) is 7.65. The highest BCUT2D eigenvalue weighted by Crippen LogP contribution is 2.25. The molecule has 0 bridgehead atoms. The maximum atomic E-state index is 9.58. The van der Waals surface area contributed by atoms with Crippen molar-refractivity contribution in [2.75, 3.05) is 6.54 Å². The van der Waals surface area contributed by atoms with Crippen LogP contribution in [-0.4, -0.2) is 11.7 Å². The molecule has 2 nitrogen and oxygen atoms in total. The largest absolute Gasteiger partial charge is 0.508 e. The van der Waals surface area contributed by atoms with Crippen LogP contribution in [0.15, 0.2) is 54.6 Å². The molecule has 21 heavy (non-hydrogen) atoms. The van der Waals surface area contributed by atoms with Gasteiger partial charge in [0, 0.05) is 12.6 Å². The predicted molar refractivity (Wildman–Crippen MR) is 88.5 cm³/mol. The van der Waals surface area contributed by atoms with E-state index in [0.29, 0.717) is 17.6 Å². The van der Waals surface area contributed by atoms with Crippen molar-refractivity contribution in [2.24, 2.45) is 5.92 Å². The second-order valence-electron chi connectivity index (χ2n) is 5.99. The zero-order chi connectivity index (χ0) is 15.2. The standard InChI is InChI=1S/C19H25NO/c1-14(2)19(16-8-5-4-6-9-16)13-20-15(3)17-10-7-11-18(21)12-17/h4-12,14-15,19-21H,13H2,1-3H3. The lowest BCUT2D eigenvalue weighted by atomic mass is 9.88. The fraction of sp³-hybridized carbons (Fsp3) is 0.368. The van der Waals surface area contributed by atoms with E-state index < -0.39 is 0 Å². The smallest absolute Gasteiger partial charge is 0.115 e. The van der Waals surface area contributed by atoms with Crippen LogP contribution in [0, 0.1) is 5.92 Å². The van der Waals surface area contributed by atoms with Gasteiger partial charge in [0.1, 0.15) is 5.75 Å². The van der Waals surface area contributed by atoms with Crippen LogP contribution < -0.4 is 5.32 Å². The molecule has 2 atom stereocenters. The Hall–Kier alpha value is -1.80. The molecule has 0 aliphatic heterocycles. The van der Waals surface area contributed by atoms with Gasteiger partial charge >= 0.3 is 0 Å². The van der Waals surface area contributed by atoms with E-state index in [-0.39, 0.29) is 6.04 Å². The molecule has 2 aromatic rings. The average Bonchev–Trinajstić information content (AvgIpc) is 2.48. The highest BCUT2D eigenvalue weighted by atomic mass is 16.3. The highest BCUT2D eigenvalue weighted by Gasteiger charge is 2.16. The van der Waals surface area contributed by atoms with E-state index >= 15 is 0 Å². The van der Waals surface area contributed by atoms with Crippen molar-refractivity contribution >= 4 is 0 Å². The Bertz CT molecular complexity index is 551. The Morgan fingerprint density at radius 1 is 0.905 bits per heavy atom. The maximum absolute atomic E-state index is 9.58. The number of phenols is 1. The first kappa shape index (κ1) is 15.6. The lowest BCUT2D eigenvalue weighted by Crippen LogP contribution is -2.27. The van der Waals surface area contributed by atoms with Crippen molar-refractivity contribution in [1.82, 2.24) is 5.32 Å². The van der Waals surface area contributed by atoms with Crippen LogP contribution in [0.4, 0.5) is 0 Å². The summed E-state index contributed by atoms with van der Waals surface area (Å²) in [6.07, 6.45) is 0. The van der Waals surface area contributed by atoms with E-state index in [1.807, 2.05) is 18.2 Å². The van der Waals surface area contributed by atoms with Gasteiger partial charge in [-0.25, -0.2) is 0 Å². The number of rotatable bonds is 6. The highest BCUT2D eigenvalue weighted by molar-refractivity contribution is 5.29. The monoisotopic (exact) mass is 283 g/mol. The Labute approximate surface area is 127 Å². The molecule has 0 heterocycles. The summed E-state index contributed by atoms with van der Waals surface area (Å²) in [5.74, 6) is 1.40. The summed E-state index contributed by atoms with van der Waals surface area (Å²) in [6, 6.07) is 18.3. The summed E-state index contributed by atoms with van der Waals surface area (Å²) in [6.45, 7) is 7.59. The molecule has 2 aromatic carbocycles. The minimum atomic E-state index is 0.224. The normalized spacial score (nSPS) is 14.1. The third-order valence-electron chi connectivity index (χ3n) is 4.05. The predicted octanol–water partition coefficient (Wildman–Crippen LogP) is 4.48. The van der Waals surface area contributed by atoms with Crippen LogP contribution in [-0.2, 0) is 0 Å². The van der Waals surface area contributed by atoms with Crippen LogP contribution in [0.3, 0.4) is 0 Å². The second-order valence-corrected chi connectivity index (χ2v) is 5.99. The Kier molecular flexibility index (Phi) is 5.40. The molecule has 0 aromatic heterocycles. The van der Waals surface area contributed by atoms with Gasteiger partial charge in [-0.05, 0) is 42.0 Å². The number of nitrogens with one attached hydrogen (secondary N) is 1. The van der Waals surface area contributed by atoms with E-state index in [9.17, 15) is 5.11 Å². The minimum Gasteiger partial charge on any atom is -0.508 e.